The van der Waals surface area contributed by atoms with E-state index in [2.05, 4.69) is 14.9 Å². The molecule has 0 aromatic carbocycles. The molecule has 0 radical (unpaired) electrons. The Hall–Kier alpha value is -1.85. The highest BCUT2D eigenvalue weighted by Crippen LogP contribution is 2.15. The van der Waals surface area contributed by atoms with Crippen LogP contribution in [0, 0.1) is 6.92 Å². The van der Waals surface area contributed by atoms with Crippen LogP contribution < -0.4 is 4.90 Å². The van der Waals surface area contributed by atoms with Crippen LogP contribution in [-0.4, -0.2) is 52.7 Å². The van der Waals surface area contributed by atoms with Crippen LogP contribution in [0.5, 0.6) is 0 Å². The molecule has 1 aromatic heterocycles. The van der Waals surface area contributed by atoms with Gasteiger partial charge in [0.2, 0.25) is 0 Å². The number of anilines is 1. The van der Waals surface area contributed by atoms with Crippen LogP contribution in [-0.2, 0) is 4.74 Å². The Morgan fingerprint density at radius 3 is 2.62 bits per heavy atom. The summed E-state index contributed by atoms with van der Waals surface area (Å²) in [5.74, 6) is 0.876. The van der Waals surface area contributed by atoms with Crippen LogP contribution in [0.1, 0.15) is 32.9 Å². The minimum absolute atomic E-state index is 0.236. The molecular formula is C15H24N4O2. The first-order chi connectivity index (χ1) is 9.85. The van der Waals surface area contributed by atoms with E-state index in [1.807, 2.05) is 27.7 Å². The fourth-order valence-corrected chi connectivity index (χ4v) is 2.26. The van der Waals surface area contributed by atoms with Gasteiger partial charge in [0.05, 0.1) is 11.9 Å². The van der Waals surface area contributed by atoms with Crippen molar-refractivity contribution in [2.75, 3.05) is 31.1 Å². The predicted octanol–water partition coefficient (Wildman–Crippen LogP) is 2.23. The summed E-state index contributed by atoms with van der Waals surface area (Å²) in [6.45, 7) is 10.6. The number of rotatable bonds is 1. The lowest BCUT2D eigenvalue weighted by molar-refractivity contribution is 0.0263. The number of nitrogens with zero attached hydrogens (tertiary/aromatic N) is 4. The molecule has 1 saturated heterocycles. The van der Waals surface area contributed by atoms with Crippen molar-refractivity contribution < 1.29 is 9.53 Å². The molecule has 0 aliphatic carbocycles. The smallest absolute Gasteiger partial charge is 0.410 e. The van der Waals surface area contributed by atoms with Gasteiger partial charge in [0, 0.05) is 32.4 Å². The lowest BCUT2D eigenvalue weighted by Crippen LogP contribution is -2.39. The summed E-state index contributed by atoms with van der Waals surface area (Å²) in [5.41, 5.74) is 0.450. The number of ether oxygens (including phenoxy) is 1. The van der Waals surface area contributed by atoms with Gasteiger partial charge in [0.15, 0.2) is 0 Å². The lowest BCUT2D eigenvalue weighted by atomic mass is 10.2. The molecule has 0 bridgehead atoms. The highest BCUT2D eigenvalue weighted by Gasteiger charge is 2.24. The molecule has 0 atom stereocenters. The molecule has 0 N–H and O–H groups in total. The van der Waals surface area contributed by atoms with Crippen LogP contribution in [0.15, 0.2) is 12.4 Å². The average Bonchev–Trinajstić information content (AvgIpc) is 2.62. The molecule has 116 valence electrons. The predicted molar refractivity (Wildman–Crippen MR) is 81.4 cm³/mol. The Balaban J connectivity index is 1.97. The van der Waals surface area contributed by atoms with Crippen molar-refractivity contribution in [2.45, 2.75) is 39.7 Å². The van der Waals surface area contributed by atoms with Crippen molar-refractivity contribution >= 4 is 11.9 Å². The lowest BCUT2D eigenvalue weighted by Gasteiger charge is -2.26. The fraction of sp³-hybridized carbons (Fsp3) is 0.667. The Morgan fingerprint density at radius 1 is 1.19 bits per heavy atom. The summed E-state index contributed by atoms with van der Waals surface area (Å²) in [4.78, 5) is 24.7. The van der Waals surface area contributed by atoms with E-state index >= 15 is 0 Å². The summed E-state index contributed by atoms with van der Waals surface area (Å²) in [5, 5.41) is 0. The molecule has 6 heteroatoms. The number of amides is 1. The Kier molecular flexibility index (Phi) is 4.65. The number of carbonyl (C=O) groups excluding carboxylic acids is 1. The first kappa shape index (κ1) is 15.5. The molecular weight excluding hydrogens is 268 g/mol. The van der Waals surface area contributed by atoms with Gasteiger partial charge in [0.25, 0.3) is 0 Å². The number of hydrogen-bond acceptors (Lipinski definition) is 5. The largest absolute Gasteiger partial charge is 0.444 e. The Labute approximate surface area is 126 Å². The number of carbonyl (C=O) groups is 1. The van der Waals surface area contributed by atoms with Crippen molar-refractivity contribution in [1.82, 2.24) is 14.9 Å². The topological polar surface area (TPSA) is 58.6 Å². The van der Waals surface area contributed by atoms with Crippen LogP contribution in [0.3, 0.4) is 0 Å². The third-order valence-electron chi connectivity index (χ3n) is 3.21. The van der Waals surface area contributed by atoms with E-state index in [9.17, 15) is 4.79 Å². The molecule has 0 unspecified atom stereocenters. The van der Waals surface area contributed by atoms with Gasteiger partial charge in [-0.25, -0.2) is 9.78 Å². The van der Waals surface area contributed by atoms with Crippen molar-refractivity contribution in [2.24, 2.45) is 0 Å². The van der Waals surface area contributed by atoms with Gasteiger partial charge in [-0.15, -0.1) is 0 Å². The molecule has 1 aromatic rings. The Morgan fingerprint density at radius 2 is 1.95 bits per heavy atom. The summed E-state index contributed by atoms with van der Waals surface area (Å²) >= 11 is 0. The van der Waals surface area contributed by atoms with Gasteiger partial charge in [-0.2, -0.15) is 0 Å². The van der Waals surface area contributed by atoms with Gasteiger partial charge in [-0.3, -0.25) is 4.98 Å². The first-order valence-corrected chi connectivity index (χ1v) is 7.37. The molecule has 1 aliphatic heterocycles. The minimum Gasteiger partial charge on any atom is -0.444 e. The Bertz CT molecular complexity index is 499. The maximum absolute atomic E-state index is 12.1. The van der Waals surface area contributed by atoms with Crippen LogP contribution in [0.4, 0.5) is 10.6 Å². The van der Waals surface area contributed by atoms with Gasteiger partial charge in [-0.05, 0) is 34.1 Å². The molecule has 2 rings (SSSR count). The quantitative estimate of drug-likeness (QED) is 0.794. The van der Waals surface area contributed by atoms with Gasteiger partial charge in [-0.1, -0.05) is 0 Å². The van der Waals surface area contributed by atoms with Crippen LogP contribution in [0.2, 0.25) is 0 Å². The van der Waals surface area contributed by atoms with Crippen LogP contribution in [0.25, 0.3) is 0 Å². The van der Waals surface area contributed by atoms with Crippen LogP contribution >= 0.6 is 0 Å². The molecule has 0 saturated carbocycles. The third kappa shape index (κ3) is 4.58. The van der Waals surface area contributed by atoms with E-state index in [0.717, 1.165) is 31.0 Å². The van der Waals surface area contributed by atoms with E-state index in [-0.39, 0.29) is 6.09 Å². The second-order valence-electron chi connectivity index (χ2n) is 6.33. The second kappa shape index (κ2) is 6.28. The standard InChI is InChI=1S/C15H24N4O2/c1-12-10-16-11-13(17-12)18-6-5-7-19(9-8-18)14(20)21-15(2,3)4/h10-11H,5-9H2,1-4H3. The maximum Gasteiger partial charge on any atom is 0.410 e. The highest BCUT2D eigenvalue weighted by atomic mass is 16.6. The van der Waals surface area contributed by atoms with E-state index in [4.69, 9.17) is 4.74 Å². The van der Waals surface area contributed by atoms with Gasteiger partial charge in [0.1, 0.15) is 11.4 Å². The van der Waals surface area contributed by atoms with Gasteiger partial charge >= 0.3 is 6.09 Å². The van der Waals surface area contributed by atoms with Gasteiger partial charge < -0.3 is 14.5 Å². The van der Waals surface area contributed by atoms with Crippen molar-refractivity contribution in [3.63, 3.8) is 0 Å². The molecule has 21 heavy (non-hydrogen) atoms. The average molecular weight is 292 g/mol. The molecule has 6 nitrogen and oxygen atoms in total. The molecule has 2 heterocycles. The zero-order chi connectivity index (χ0) is 15.5. The monoisotopic (exact) mass is 292 g/mol. The summed E-state index contributed by atoms with van der Waals surface area (Å²) in [6.07, 6.45) is 4.18. The number of aromatic nitrogens is 2. The van der Waals surface area contributed by atoms with E-state index in [1.165, 1.54) is 0 Å². The van der Waals surface area contributed by atoms with Crippen molar-refractivity contribution in [3.8, 4) is 0 Å². The number of aryl methyl sites for hydroxylation is 1. The highest BCUT2D eigenvalue weighted by molar-refractivity contribution is 5.68. The maximum atomic E-state index is 12.1. The molecule has 1 amide bonds. The number of hydrogen-bond donors (Lipinski definition) is 0. The summed E-state index contributed by atoms with van der Waals surface area (Å²) < 4.78 is 5.43. The normalized spacial score (nSPS) is 16.6. The first-order valence-electron chi connectivity index (χ1n) is 7.37. The van der Waals surface area contributed by atoms with E-state index in [1.54, 1.807) is 17.3 Å². The van der Waals surface area contributed by atoms with Crippen molar-refractivity contribution in [3.05, 3.63) is 18.1 Å². The summed E-state index contributed by atoms with van der Waals surface area (Å²) in [6, 6.07) is 0. The summed E-state index contributed by atoms with van der Waals surface area (Å²) in [7, 11) is 0. The second-order valence-corrected chi connectivity index (χ2v) is 6.33. The third-order valence-corrected chi connectivity index (χ3v) is 3.21. The zero-order valence-electron chi connectivity index (χ0n) is 13.3. The van der Waals surface area contributed by atoms with Crippen molar-refractivity contribution in [1.29, 1.82) is 0 Å². The molecule has 1 fully saturated rings. The SMILES string of the molecule is Cc1cncc(N2CCCN(C(=O)OC(C)(C)C)CC2)n1. The van der Waals surface area contributed by atoms with E-state index < -0.39 is 5.60 Å². The molecule has 1 aliphatic rings. The molecule has 0 spiro atoms. The fourth-order valence-electron chi connectivity index (χ4n) is 2.26. The zero-order valence-corrected chi connectivity index (χ0v) is 13.3. The van der Waals surface area contributed by atoms with E-state index in [0.29, 0.717) is 13.1 Å². The minimum atomic E-state index is -0.453.